The SMILES string of the molecule is CCOc1ccc(NC(=O)c2ccc(NC(=O)C3CCCCN3C(=O)c3ccco3)cc2)cc1. The highest BCUT2D eigenvalue weighted by Crippen LogP contribution is 2.22. The van der Waals surface area contributed by atoms with Crippen LogP contribution in [-0.4, -0.2) is 41.8 Å². The van der Waals surface area contributed by atoms with Gasteiger partial charge < -0.3 is 24.7 Å². The van der Waals surface area contributed by atoms with Gasteiger partial charge in [0.25, 0.3) is 11.8 Å². The van der Waals surface area contributed by atoms with Crippen molar-refractivity contribution in [2.75, 3.05) is 23.8 Å². The Hall–Kier alpha value is -4.07. The minimum absolute atomic E-state index is 0.225. The third-order valence-electron chi connectivity index (χ3n) is 5.64. The number of amides is 3. The van der Waals surface area contributed by atoms with Crippen molar-refractivity contribution in [3.8, 4) is 5.75 Å². The van der Waals surface area contributed by atoms with Crippen LogP contribution in [0.4, 0.5) is 11.4 Å². The van der Waals surface area contributed by atoms with Crippen molar-refractivity contribution in [1.82, 2.24) is 4.90 Å². The molecule has 1 atom stereocenters. The average molecular weight is 462 g/mol. The molecule has 8 nitrogen and oxygen atoms in total. The lowest BCUT2D eigenvalue weighted by Gasteiger charge is -2.34. The lowest BCUT2D eigenvalue weighted by atomic mass is 10.0. The molecule has 1 fully saturated rings. The maximum atomic E-state index is 13.0. The normalized spacial score (nSPS) is 15.4. The fourth-order valence-electron chi connectivity index (χ4n) is 3.92. The van der Waals surface area contributed by atoms with Gasteiger partial charge in [-0.15, -0.1) is 0 Å². The van der Waals surface area contributed by atoms with Crippen LogP contribution in [0.1, 0.15) is 47.1 Å². The number of nitrogens with one attached hydrogen (secondary N) is 2. The van der Waals surface area contributed by atoms with E-state index in [9.17, 15) is 14.4 Å². The van der Waals surface area contributed by atoms with E-state index in [4.69, 9.17) is 9.15 Å². The molecule has 0 aliphatic carbocycles. The van der Waals surface area contributed by atoms with Crippen molar-refractivity contribution in [3.05, 3.63) is 78.3 Å². The molecule has 0 saturated carbocycles. The topological polar surface area (TPSA) is 101 Å². The number of furan rings is 1. The van der Waals surface area contributed by atoms with E-state index in [1.807, 2.05) is 6.92 Å². The van der Waals surface area contributed by atoms with Gasteiger partial charge in [-0.2, -0.15) is 0 Å². The minimum atomic E-state index is -0.575. The minimum Gasteiger partial charge on any atom is -0.494 e. The van der Waals surface area contributed by atoms with Gasteiger partial charge in [-0.25, -0.2) is 0 Å². The van der Waals surface area contributed by atoms with Gasteiger partial charge in [0.15, 0.2) is 5.76 Å². The number of carbonyl (C=O) groups excluding carboxylic acids is 3. The van der Waals surface area contributed by atoms with Crippen LogP contribution in [0.3, 0.4) is 0 Å². The maximum absolute atomic E-state index is 13.0. The average Bonchev–Trinajstić information content (AvgIpc) is 3.40. The van der Waals surface area contributed by atoms with E-state index in [1.165, 1.54) is 6.26 Å². The number of carbonyl (C=O) groups is 3. The molecule has 8 heteroatoms. The number of likely N-dealkylation sites (tertiary alicyclic amines) is 1. The van der Waals surface area contributed by atoms with Crippen molar-refractivity contribution < 1.29 is 23.5 Å². The summed E-state index contributed by atoms with van der Waals surface area (Å²) in [5.74, 6) is 0.160. The summed E-state index contributed by atoms with van der Waals surface area (Å²) in [6.07, 6.45) is 3.74. The number of nitrogens with zero attached hydrogens (tertiary/aromatic N) is 1. The Labute approximate surface area is 197 Å². The Balaban J connectivity index is 1.37. The molecule has 1 aromatic heterocycles. The van der Waals surface area contributed by atoms with Gasteiger partial charge >= 0.3 is 0 Å². The van der Waals surface area contributed by atoms with Crippen molar-refractivity contribution in [3.63, 3.8) is 0 Å². The third-order valence-corrected chi connectivity index (χ3v) is 5.64. The first-order chi connectivity index (χ1) is 16.5. The summed E-state index contributed by atoms with van der Waals surface area (Å²) in [7, 11) is 0. The van der Waals surface area contributed by atoms with Crippen molar-refractivity contribution in [1.29, 1.82) is 0 Å². The Morgan fingerprint density at radius 2 is 1.68 bits per heavy atom. The summed E-state index contributed by atoms with van der Waals surface area (Å²) in [6, 6.07) is 16.5. The molecule has 1 aliphatic heterocycles. The molecule has 1 aliphatic rings. The van der Waals surface area contributed by atoms with E-state index in [0.717, 1.165) is 18.6 Å². The fourth-order valence-corrected chi connectivity index (χ4v) is 3.92. The van der Waals surface area contributed by atoms with Crippen LogP contribution >= 0.6 is 0 Å². The number of ether oxygens (including phenoxy) is 1. The van der Waals surface area contributed by atoms with Crippen LogP contribution < -0.4 is 15.4 Å². The molecule has 3 aromatic rings. The van der Waals surface area contributed by atoms with E-state index < -0.39 is 6.04 Å². The Bertz CT molecular complexity index is 1120. The largest absolute Gasteiger partial charge is 0.494 e. The first kappa shape index (κ1) is 23.1. The molecule has 34 heavy (non-hydrogen) atoms. The fraction of sp³-hybridized carbons (Fsp3) is 0.269. The number of piperidine rings is 1. The molecule has 176 valence electrons. The smallest absolute Gasteiger partial charge is 0.290 e. The van der Waals surface area contributed by atoms with Crippen LogP contribution in [-0.2, 0) is 4.79 Å². The predicted molar refractivity (Wildman–Crippen MR) is 128 cm³/mol. The number of benzene rings is 2. The molecule has 0 spiro atoms. The molecule has 3 amide bonds. The van der Waals surface area contributed by atoms with Gasteiger partial charge in [-0.1, -0.05) is 0 Å². The van der Waals surface area contributed by atoms with Crippen LogP contribution in [0.5, 0.6) is 5.75 Å². The van der Waals surface area contributed by atoms with Gasteiger partial charge in [0.2, 0.25) is 5.91 Å². The Morgan fingerprint density at radius 3 is 2.35 bits per heavy atom. The molecule has 4 rings (SSSR count). The molecule has 1 unspecified atom stereocenters. The zero-order valence-electron chi connectivity index (χ0n) is 19.0. The molecule has 2 heterocycles. The Morgan fingerprint density at radius 1 is 0.971 bits per heavy atom. The van der Waals surface area contributed by atoms with Gasteiger partial charge in [0.05, 0.1) is 12.9 Å². The number of rotatable bonds is 7. The second-order valence-corrected chi connectivity index (χ2v) is 7.97. The second kappa shape index (κ2) is 10.7. The lowest BCUT2D eigenvalue weighted by Crippen LogP contribution is -2.49. The molecule has 0 bridgehead atoms. The highest BCUT2D eigenvalue weighted by Gasteiger charge is 2.33. The molecule has 2 N–H and O–H groups in total. The monoisotopic (exact) mass is 461 g/mol. The summed E-state index contributed by atoms with van der Waals surface area (Å²) in [5, 5.41) is 5.70. The van der Waals surface area contributed by atoms with E-state index >= 15 is 0 Å². The van der Waals surface area contributed by atoms with Crippen molar-refractivity contribution in [2.45, 2.75) is 32.2 Å². The van der Waals surface area contributed by atoms with Crippen LogP contribution in [0, 0.1) is 0 Å². The number of hydrogen-bond donors (Lipinski definition) is 2. The summed E-state index contributed by atoms with van der Waals surface area (Å²) in [6.45, 7) is 2.99. The van der Waals surface area contributed by atoms with E-state index in [0.29, 0.717) is 36.5 Å². The first-order valence-electron chi connectivity index (χ1n) is 11.3. The Kier molecular flexibility index (Phi) is 7.27. The standard InChI is InChI=1S/C26H27N3O5/c1-2-33-21-14-12-20(13-15-21)27-24(30)18-8-10-19(11-9-18)28-25(31)22-6-3-4-16-29(22)26(32)23-7-5-17-34-23/h5,7-15,17,22H,2-4,6,16H2,1H3,(H,27,30)(H,28,31). The van der Waals surface area contributed by atoms with Crippen molar-refractivity contribution in [2.24, 2.45) is 0 Å². The lowest BCUT2D eigenvalue weighted by molar-refractivity contribution is -0.121. The summed E-state index contributed by atoms with van der Waals surface area (Å²) in [5.41, 5.74) is 1.67. The van der Waals surface area contributed by atoms with Crippen molar-refractivity contribution >= 4 is 29.1 Å². The zero-order chi connectivity index (χ0) is 23.9. The van der Waals surface area contributed by atoms with E-state index in [-0.39, 0.29) is 23.5 Å². The molecule has 2 aromatic carbocycles. The molecular formula is C26H27N3O5. The van der Waals surface area contributed by atoms with Crippen LogP contribution in [0.25, 0.3) is 0 Å². The van der Waals surface area contributed by atoms with Crippen LogP contribution in [0.2, 0.25) is 0 Å². The predicted octanol–water partition coefficient (Wildman–Crippen LogP) is 4.56. The zero-order valence-corrected chi connectivity index (χ0v) is 19.0. The third kappa shape index (κ3) is 5.46. The van der Waals surface area contributed by atoms with Gasteiger partial charge in [0.1, 0.15) is 11.8 Å². The quantitative estimate of drug-likeness (QED) is 0.537. The van der Waals surface area contributed by atoms with E-state index in [1.54, 1.807) is 65.6 Å². The summed E-state index contributed by atoms with van der Waals surface area (Å²) < 4.78 is 10.6. The van der Waals surface area contributed by atoms with Crippen LogP contribution in [0.15, 0.2) is 71.3 Å². The number of hydrogen-bond acceptors (Lipinski definition) is 5. The maximum Gasteiger partial charge on any atom is 0.290 e. The van der Waals surface area contributed by atoms with Gasteiger partial charge in [-0.3, -0.25) is 14.4 Å². The molecule has 1 saturated heterocycles. The van der Waals surface area contributed by atoms with Gasteiger partial charge in [0, 0.05) is 23.5 Å². The second-order valence-electron chi connectivity index (χ2n) is 7.97. The highest BCUT2D eigenvalue weighted by atomic mass is 16.5. The highest BCUT2D eigenvalue weighted by molar-refractivity contribution is 6.05. The first-order valence-corrected chi connectivity index (χ1v) is 11.3. The molecule has 0 radical (unpaired) electrons. The van der Waals surface area contributed by atoms with Gasteiger partial charge in [-0.05, 0) is 86.8 Å². The molecular weight excluding hydrogens is 434 g/mol. The van der Waals surface area contributed by atoms with E-state index in [2.05, 4.69) is 10.6 Å². The summed E-state index contributed by atoms with van der Waals surface area (Å²) >= 11 is 0. The number of anilines is 2. The summed E-state index contributed by atoms with van der Waals surface area (Å²) in [4.78, 5) is 39.8.